The number of aromatic amines is 1. The first-order chi connectivity index (χ1) is 12.7. The van der Waals surface area contributed by atoms with Crippen LogP contribution in [-0.4, -0.2) is 26.2 Å². The van der Waals surface area contributed by atoms with Gasteiger partial charge in [-0.2, -0.15) is 5.10 Å². The Labute approximate surface area is 148 Å². The number of amides is 1. The summed E-state index contributed by atoms with van der Waals surface area (Å²) in [7, 11) is 0. The van der Waals surface area contributed by atoms with Crippen LogP contribution in [0.1, 0.15) is 46.0 Å². The molecule has 3 aromatic rings. The minimum absolute atomic E-state index is 0.294. The highest BCUT2D eigenvalue weighted by Gasteiger charge is 2.16. The molecule has 1 amide bonds. The summed E-state index contributed by atoms with van der Waals surface area (Å²) in [6.45, 7) is 0. The minimum atomic E-state index is -0.588. The van der Waals surface area contributed by atoms with Crippen molar-refractivity contribution in [2.24, 2.45) is 0 Å². The van der Waals surface area contributed by atoms with Gasteiger partial charge in [0, 0.05) is 12.1 Å². The number of fused-ring (bicyclic) bond motifs is 1. The summed E-state index contributed by atoms with van der Waals surface area (Å²) in [6, 6.07) is 9.14. The molecule has 132 valence electrons. The van der Waals surface area contributed by atoms with Crippen molar-refractivity contribution < 1.29 is 9.32 Å². The number of hydrogen-bond donors (Lipinski definition) is 2. The Balaban J connectivity index is 1.49. The van der Waals surface area contributed by atoms with E-state index in [1.807, 2.05) is 24.3 Å². The number of aryl methyl sites for hydroxylation is 2. The van der Waals surface area contributed by atoms with E-state index in [-0.39, 0.29) is 5.91 Å². The van der Waals surface area contributed by atoms with Gasteiger partial charge in [0.15, 0.2) is 11.5 Å². The van der Waals surface area contributed by atoms with Gasteiger partial charge >= 0.3 is 5.76 Å². The number of anilines is 1. The Morgan fingerprint density at radius 2 is 2.08 bits per heavy atom. The fourth-order valence-electron chi connectivity index (χ4n) is 3.09. The largest absolute Gasteiger partial charge is 0.438 e. The highest BCUT2D eigenvalue weighted by Crippen LogP contribution is 2.20. The van der Waals surface area contributed by atoms with Crippen molar-refractivity contribution in [3.8, 4) is 0 Å². The van der Waals surface area contributed by atoms with E-state index in [1.165, 1.54) is 0 Å². The fraction of sp³-hybridized carbons (Fsp3) is 0.278. The Morgan fingerprint density at radius 3 is 2.92 bits per heavy atom. The van der Waals surface area contributed by atoms with E-state index < -0.39 is 5.76 Å². The van der Waals surface area contributed by atoms with Crippen LogP contribution in [0.5, 0.6) is 0 Å². The van der Waals surface area contributed by atoms with Gasteiger partial charge in [-0.3, -0.25) is 14.3 Å². The summed E-state index contributed by atoms with van der Waals surface area (Å²) >= 11 is 0. The molecule has 0 aliphatic heterocycles. The molecule has 1 aromatic carbocycles. The molecule has 0 bridgehead atoms. The van der Waals surface area contributed by atoms with Crippen molar-refractivity contribution >= 4 is 11.6 Å². The van der Waals surface area contributed by atoms with Crippen molar-refractivity contribution in [3.05, 3.63) is 69.2 Å². The summed E-state index contributed by atoms with van der Waals surface area (Å²) < 4.78 is 4.49. The molecule has 0 saturated heterocycles. The van der Waals surface area contributed by atoms with Crippen LogP contribution in [0.4, 0.5) is 5.69 Å². The van der Waals surface area contributed by atoms with Crippen LogP contribution in [0, 0.1) is 0 Å². The molecule has 0 spiro atoms. The van der Waals surface area contributed by atoms with Crippen molar-refractivity contribution in [3.63, 3.8) is 0 Å². The van der Waals surface area contributed by atoms with Crippen LogP contribution in [-0.2, 0) is 19.3 Å². The van der Waals surface area contributed by atoms with E-state index in [2.05, 4.69) is 30.2 Å². The molecule has 0 fully saturated rings. The SMILES string of the molecule is O=C(Nc1cccc(Cc2noc(=O)[nH]2)c1)c1cc2c(nn1)CCCC2. The van der Waals surface area contributed by atoms with Crippen LogP contribution >= 0.6 is 0 Å². The zero-order chi connectivity index (χ0) is 17.9. The molecule has 2 N–H and O–H groups in total. The minimum Gasteiger partial charge on any atom is -0.321 e. The molecule has 0 atom stereocenters. The van der Waals surface area contributed by atoms with Crippen LogP contribution in [0.2, 0.25) is 0 Å². The first kappa shape index (κ1) is 16.2. The summed E-state index contributed by atoms with van der Waals surface area (Å²) in [6.07, 6.45) is 4.50. The molecule has 8 nitrogen and oxygen atoms in total. The summed E-state index contributed by atoms with van der Waals surface area (Å²) in [5, 5.41) is 14.7. The maximum Gasteiger partial charge on any atom is 0.438 e. The van der Waals surface area contributed by atoms with Crippen LogP contribution < -0.4 is 11.1 Å². The second-order valence-electron chi connectivity index (χ2n) is 6.28. The van der Waals surface area contributed by atoms with E-state index in [4.69, 9.17) is 0 Å². The fourth-order valence-corrected chi connectivity index (χ4v) is 3.09. The van der Waals surface area contributed by atoms with Gasteiger partial charge in [-0.15, -0.1) is 5.10 Å². The molecule has 0 radical (unpaired) electrons. The van der Waals surface area contributed by atoms with Crippen LogP contribution in [0.3, 0.4) is 0 Å². The number of nitrogens with zero attached hydrogens (tertiary/aromatic N) is 3. The maximum atomic E-state index is 12.5. The van der Waals surface area contributed by atoms with Gasteiger partial charge in [0.2, 0.25) is 0 Å². The second kappa shape index (κ2) is 6.91. The lowest BCUT2D eigenvalue weighted by Crippen LogP contribution is -2.17. The first-order valence-corrected chi connectivity index (χ1v) is 8.48. The van der Waals surface area contributed by atoms with Crippen molar-refractivity contribution in [2.45, 2.75) is 32.1 Å². The number of aromatic nitrogens is 4. The standard InChI is InChI=1S/C18H17N5O3/c24-17(15-10-12-5-1-2-7-14(12)21-22-15)19-13-6-3-4-11(8-13)9-16-20-18(25)26-23-16/h3-4,6,8,10H,1-2,5,7,9H2,(H,19,24)(H,20,23,25). The zero-order valence-corrected chi connectivity index (χ0v) is 14.0. The molecule has 0 saturated carbocycles. The van der Waals surface area contributed by atoms with Crippen molar-refractivity contribution in [1.29, 1.82) is 0 Å². The second-order valence-corrected chi connectivity index (χ2v) is 6.28. The van der Waals surface area contributed by atoms with E-state index in [0.717, 1.165) is 42.5 Å². The van der Waals surface area contributed by atoms with E-state index >= 15 is 0 Å². The van der Waals surface area contributed by atoms with Gasteiger partial charge < -0.3 is 5.32 Å². The predicted octanol–water partition coefficient (Wildman–Crippen LogP) is 1.87. The average molecular weight is 351 g/mol. The van der Waals surface area contributed by atoms with Gasteiger partial charge in [0.1, 0.15) is 0 Å². The van der Waals surface area contributed by atoms with E-state index in [1.54, 1.807) is 6.07 Å². The molecule has 1 aliphatic rings. The number of H-pyrrole nitrogens is 1. The third-order valence-electron chi connectivity index (χ3n) is 4.34. The Hall–Kier alpha value is -3.29. The molecular weight excluding hydrogens is 334 g/mol. The first-order valence-electron chi connectivity index (χ1n) is 8.48. The summed E-state index contributed by atoms with van der Waals surface area (Å²) in [4.78, 5) is 26.0. The molecule has 8 heteroatoms. The summed E-state index contributed by atoms with van der Waals surface area (Å²) in [5.41, 5.74) is 3.94. The number of carbonyl (C=O) groups is 1. The van der Waals surface area contributed by atoms with Crippen LogP contribution in [0.25, 0.3) is 0 Å². The molecule has 0 unspecified atom stereocenters. The molecule has 26 heavy (non-hydrogen) atoms. The Morgan fingerprint density at radius 1 is 1.19 bits per heavy atom. The third kappa shape index (κ3) is 3.53. The highest BCUT2D eigenvalue weighted by molar-refractivity contribution is 6.02. The van der Waals surface area contributed by atoms with Gasteiger partial charge in [0.25, 0.3) is 5.91 Å². The Kier molecular flexibility index (Phi) is 4.30. The number of carbonyl (C=O) groups excluding carboxylic acids is 1. The molecular formula is C18H17N5O3. The lowest BCUT2D eigenvalue weighted by molar-refractivity contribution is 0.102. The smallest absolute Gasteiger partial charge is 0.321 e. The number of rotatable bonds is 4. The van der Waals surface area contributed by atoms with E-state index in [0.29, 0.717) is 23.6 Å². The zero-order valence-electron chi connectivity index (χ0n) is 14.0. The van der Waals surface area contributed by atoms with Crippen molar-refractivity contribution in [1.82, 2.24) is 20.3 Å². The number of hydrogen-bond acceptors (Lipinski definition) is 6. The average Bonchev–Trinajstić information content (AvgIpc) is 3.06. The maximum absolute atomic E-state index is 12.5. The lowest BCUT2D eigenvalue weighted by Gasteiger charge is -2.14. The summed E-state index contributed by atoms with van der Waals surface area (Å²) in [5.74, 6) is -0.452. The monoisotopic (exact) mass is 351 g/mol. The normalized spacial score (nSPS) is 13.2. The molecule has 1 aliphatic carbocycles. The van der Waals surface area contributed by atoms with Crippen LogP contribution in [0.15, 0.2) is 39.6 Å². The number of benzene rings is 1. The van der Waals surface area contributed by atoms with Crippen molar-refractivity contribution in [2.75, 3.05) is 5.32 Å². The van der Waals surface area contributed by atoms with Gasteiger partial charge in [-0.05, 0) is 55.0 Å². The van der Waals surface area contributed by atoms with Gasteiger partial charge in [-0.25, -0.2) is 4.79 Å². The molecule has 4 rings (SSSR count). The third-order valence-corrected chi connectivity index (χ3v) is 4.34. The molecule has 2 heterocycles. The topological polar surface area (TPSA) is 114 Å². The quantitative estimate of drug-likeness (QED) is 0.742. The van der Waals surface area contributed by atoms with Gasteiger partial charge in [0.05, 0.1) is 5.69 Å². The van der Waals surface area contributed by atoms with E-state index in [9.17, 15) is 9.59 Å². The predicted molar refractivity (Wildman–Crippen MR) is 93.0 cm³/mol. The lowest BCUT2D eigenvalue weighted by atomic mass is 9.96. The Bertz CT molecular complexity index is 1010. The number of nitrogens with one attached hydrogen (secondary N) is 2. The molecule has 2 aromatic heterocycles. The van der Waals surface area contributed by atoms with Gasteiger partial charge in [-0.1, -0.05) is 17.3 Å². The highest BCUT2D eigenvalue weighted by atomic mass is 16.5.